The van der Waals surface area contributed by atoms with E-state index in [9.17, 15) is 9.59 Å². The fourth-order valence-electron chi connectivity index (χ4n) is 3.63. The maximum Gasteiger partial charge on any atom is 0.310 e. The number of ketones is 1. The lowest BCUT2D eigenvalue weighted by atomic mass is 9.97. The van der Waals surface area contributed by atoms with Crippen molar-refractivity contribution >= 4 is 11.8 Å². The highest BCUT2D eigenvalue weighted by Gasteiger charge is 2.13. The van der Waals surface area contributed by atoms with Gasteiger partial charge in [-0.05, 0) is 74.0 Å². The number of aryl methyl sites for hydroxylation is 2. The van der Waals surface area contributed by atoms with Crippen molar-refractivity contribution in [1.82, 2.24) is 4.90 Å². The molecular formula is C28H41NO3. The number of hydrogen-bond donors (Lipinski definition) is 1. The van der Waals surface area contributed by atoms with E-state index in [4.69, 9.17) is 5.11 Å². The highest BCUT2D eigenvalue weighted by molar-refractivity contribution is 5.83. The Morgan fingerprint density at radius 2 is 1.44 bits per heavy atom. The fourth-order valence-corrected chi connectivity index (χ4v) is 3.63. The van der Waals surface area contributed by atoms with Crippen molar-refractivity contribution in [2.75, 3.05) is 19.6 Å². The SMILES string of the molecule is CC(C)Cc1ccc(C(C)C(=O)O)cc1.CCN(CC)CC(=O)Cc1c(C)cccc1C. The van der Waals surface area contributed by atoms with Gasteiger partial charge in [-0.15, -0.1) is 0 Å². The van der Waals surface area contributed by atoms with Crippen molar-refractivity contribution in [3.63, 3.8) is 0 Å². The zero-order valence-electron chi connectivity index (χ0n) is 20.9. The Morgan fingerprint density at radius 1 is 0.906 bits per heavy atom. The molecule has 0 spiro atoms. The van der Waals surface area contributed by atoms with Crippen LogP contribution in [0.4, 0.5) is 0 Å². The second-order valence-corrected chi connectivity index (χ2v) is 8.95. The number of likely N-dealkylation sites (N-methyl/N-ethyl adjacent to an activating group) is 1. The minimum Gasteiger partial charge on any atom is -0.481 e. The van der Waals surface area contributed by atoms with Crippen LogP contribution in [0.25, 0.3) is 0 Å². The molecule has 2 rings (SSSR count). The molecule has 176 valence electrons. The largest absolute Gasteiger partial charge is 0.481 e. The van der Waals surface area contributed by atoms with Crippen molar-refractivity contribution in [3.8, 4) is 0 Å². The third-order valence-electron chi connectivity index (χ3n) is 5.81. The molecule has 0 amide bonds. The average molecular weight is 440 g/mol. The number of carboxylic acids is 1. The van der Waals surface area contributed by atoms with Gasteiger partial charge in [0.15, 0.2) is 5.78 Å². The number of rotatable bonds is 10. The Hall–Kier alpha value is -2.46. The molecule has 0 aromatic heterocycles. The summed E-state index contributed by atoms with van der Waals surface area (Å²) in [5.41, 5.74) is 5.78. The van der Waals surface area contributed by atoms with Gasteiger partial charge in [-0.3, -0.25) is 14.5 Å². The average Bonchev–Trinajstić information content (AvgIpc) is 2.74. The predicted octanol–water partition coefficient (Wildman–Crippen LogP) is 5.83. The van der Waals surface area contributed by atoms with Gasteiger partial charge in [0.2, 0.25) is 0 Å². The number of carbonyl (C=O) groups is 2. The molecule has 1 N–H and O–H groups in total. The van der Waals surface area contributed by atoms with Crippen LogP contribution in [0.1, 0.15) is 68.4 Å². The van der Waals surface area contributed by atoms with Gasteiger partial charge in [-0.2, -0.15) is 0 Å². The van der Waals surface area contributed by atoms with Crippen LogP contribution in [0.5, 0.6) is 0 Å². The predicted molar refractivity (Wildman–Crippen MR) is 133 cm³/mol. The van der Waals surface area contributed by atoms with Gasteiger partial charge >= 0.3 is 5.97 Å². The van der Waals surface area contributed by atoms with E-state index in [2.05, 4.69) is 58.6 Å². The molecule has 0 heterocycles. The quantitative estimate of drug-likeness (QED) is 0.506. The van der Waals surface area contributed by atoms with Crippen molar-refractivity contribution in [1.29, 1.82) is 0 Å². The van der Waals surface area contributed by atoms with E-state index in [1.807, 2.05) is 30.3 Å². The van der Waals surface area contributed by atoms with E-state index in [0.29, 0.717) is 24.7 Å². The number of benzene rings is 2. The molecule has 0 radical (unpaired) electrons. The molecule has 0 saturated carbocycles. The second-order valence-electron chi connectivity index (χ2n) is 8.95. The van der Waals surface area contributed by atoms with Crippen molar-refractivity contribution in [2.45, 2.75) is 67.2 Å². The summed E-state index contributed by atoms with van der Waals surface area (Å²) in [6.45, 7) is 16.8. The smallest absolute Gasteiger partial charge is 0.310 e. The Labute approximate surface area is 194 Å². The summed E-state index contributed by atoms with van der Waals surface area (Å²) in [7, 11) is 0. The molecule has 0 fully saturated rings. The highest BCUT2D eigenvalue weighted by Crippen LogP contribution is 2.17. The summed E-state index contributed by atoms with van der Waals surface area (Å²) in [6, 6.07) is 14.1. The molecule has 2 aromatic rings. The Morgan fingerprint density at radius 3 is 1.88 bits per heavy atom. The number of carbonyl (C=O) groups excluding carboxylic acids is 1. The summed E-state index contributed by atoms with van der Waals surface area (Å²) in [5.74, 6) is -0.247. The van der Waals surface area contributed by atoms with Crippen molar-refractivity contribution in [2.24, 2.45) is 5.92 Å². The first kappa shape index (κ1) is 27.6. The number of Topliss-reactive ketones (excluding diaryl/α,β-unsaturated/α-hetero) is 1. The summed E-state index contributed by atoms with van der Waals surface area (Å²) in [6.07, 6.45) is 1.61. The van der Waals surface area contributed by atoms with Gasteiger partial charge in [-0.1, -0.05) is 70.2 Å². The van der Waals surface area contributed by atoms with Crippen LogP contribution in [0.3, 0.4) is 0 Å². The molecule has 32 heavy (non-hydrogen) atoms. The van der Waals surface area contributed by atoms with E-state index in [1.54, 1.807) is 6.92 Å². The molecule has 0 aliphatic rings. The van der Waals surface area contributed by atoms with Crippen LogP contribution in [-0.2, 0) is 22.4 Å². The number of nitrogens with zero attached hydrogens (tertiary/aromatic N) is 1. The van der Waals surface area contributed by atoms with E-state index in [1.165, 1.54) is 22.3 Å². The second kappa shape index (κ2) is 13.8. The fraction of sp³-hybridized carbons (Fsp3) is 0.500. The van der Waals surface area contributed by atoms with Gasteiger partial charge in [0.1, 0.15) is 0 Å². The minimum atomic E-state index is -0.772. The molecule has 4 nitrogen and oxygen atoms in total. The first-order chi connectivity index (χ1) is 15.1. The normalized spacial score (nSPS) is 11.8. The lowest BCUT2D eigenvalue weighted by Crippen LogP contribution is -2.30. The van der Waals surface area contributed by atoms with Crippen molar-refractivity contribution in [3.05, 3.63) is 70.3 Å². The van der Waals surface area contributed by atoms with Crippen molar-refractivity contribution < 1.29 is 14.7 Å². The third kappa shape index (κ3) is 9.35. The van der Waals surface area contributed by atoms with E-state index in [0.717, 1.165) is 25.1 Å². The zero-order valence-corrected chi connectivity index (χ0v) is 20.9. The topological polar surface area (TPSA) is 57.6 Å². The first-order valence-corrected chi connectivity index (χ1v) is 11.7. The monoisotopic (exact) mass is 439 g/mol. The molecule has 1 unspecified atom stereocenters. The van der Waals surface area contributed by atoms with Crippen LogP contribution >= 0.6 is 0 Å². The number of aliphatic carboxylic acids is 1. The molecule has 0 aliphatic carbocycles. The van der Waals surface area contributed by atoms with Gasteiger partial charge in [0, 0.05) is 6.42 Å². The van der Waals surface area contributed by atoms with Crippen LogP contribution < -0.4 is 0 Å². The molecule has 1 atom stereocenters. The lowest BCUT2D eigenvalue weighted by molar-refractivity contribution is -0.138. The maximum atomic E-state index is 12.0. The minimum absolute atomic E-state index is 0.311. The molecule has 2 aromatic carbocycles. The van der Waals surface area contributed by atoms with Crippen LogP contribution in [0, 0.1) is 19.8 Å². The highest BCUT2D eigenvalue weighted by atomic mass is 16.4. The lowest BCUT2D eigenvalue weighted by Gasteiger charge is -2.17. The van der Waals surface area contributed by atoms with E-state index in [-0.39, 0.29) is 0 Å². The van der Waals surface area contributed by atoms with Gasteiger partial charge in [0.05, 0.1) is 12.5 Å². The van der Waals surface area contributed by atoms with E-state index < -0.39 is 11.9 Å². The summed E-state index contributed by atoms with van der Waals surface area (Å²) < 4.78 is 0. The summed E-state index contributed by atoms with van der Waals surface area (Å²) in [5, 5.41) is 8.85. The van der Waals surface area contributed by atoms with Crippen LogP contribution in [0.15, 0.2) is 42.5 Å². The molecular weight excluding hydrogens is 398 g/mol. The third-order valence-corrected chi connectivity index (χ3v) is 5.81. The molecule has 4 heteroatoms. The van der Waals surface area contributed by atoms with Gasteiger partial charge < -0.3 is 5.11 Å². The summed E-state index contributed by atoms with van der Waals surface area (Å²) in [4.78, 5) is 24.9. The Kier molecular flexibility index (Phi) is 11.9. The molecule has 0 aliphatic heterocycles. The zero-order chi connectivity index (χ0) is 24.3. The standard InChI is InChI=1S/C15H23NO.C13H18O2/c1-5-16(6-2)11-14(17)10-15-12(3)8-7-9-13(15)4;1-9(2)8-11-4-6-12(7-5-11)10(3)13(14)15/h7-9H,5-6,10-11H2,1-4H3;4-7,9-10H,8H2,1-3H3,(H,14,15). The van der Waals surface area contributed by atoms with Crippen LogP contribution in [0.2, 0.25) is 0 Å². The van der Waals surface area contributed by atoms with Gasteiger partial charge in [0.25, 0.3) is 0 Å². The molecule has 0 saturated heterocycles. The maximum absolute atomic E-state index is 12.0. The van der Waals surface area contributed by atoms with E-state index >= 15 is 0 Å². The Bertz CT molecular complexity index is 831. The van der Waals surface area contributed by atoms with Gasteiger partial charge in [-0.25, -0.2) is 0 Å². The number of hydrogen-bond acceptors (Lipinski definition) is 3. The summed E-state index contributed by atoms with van der Waals surface area (Å²) >= 11 is 0. The molecule has 0 bridgehead atoms. The number of carboxylic acid groups (broad SMARTS) is 1. The Balaban J connectivity index is 0.000000323. The first-order valence-electron chi connectivity index (χ1n) is 11.7. The van der Waals surface area contributed by atoms with Crippen LogP contribution in [-0.4, -0.2) is 41.4 Å².